The Labute approximate surface area is 81.0 Å². The molecule has 0 atom stereocenters. The Kier molecular flexibility index (Phi) is 2.88. The Hall–Kier alpha value is -1.71. The SMILES string of the molecule is N#Cc1cc(C(F)F)cc(C(F)(F)F)n1. The number of pyridine rings is 1. The van der Waals surface area contributed by atoms with Crippen LogP contribution in [0.15, 0.2) is 12.1 Å². The lowest BCUT2D eigenvalue weighted by Gasteiger charge is -2.07. The molecule has 0 aliphatic carbocycles. The molecule has 1 aromatic heterocycles. The van der Waals surface area contributed by atoms with Crippen molar-refractivity contribution in [2.24, 2.45) is 0 Å². The van der Waals surface area contributed by atoms with E-state index in [1.807, 2.05) is 0 Å². The minimum atomic E-state index is -4.84. The third-order valence-electron chi connectivity index (χ3n) is 1.50. The molecule has 0 aliphatic rings. The van der Waals surface area contributed by atoms with E-state index in [0.29, 0.717) is 6.07 Å². The summed E-state index contributed by atoms with van der Waals surface area (Å²) >= 11 is 0. The zero-order valence-corrected chi connectivity index (χ0v) is 7.02. The van der Waals surface area contributed by atoms with Gasteiger partial charge in [-0.2, -0.15) is 18.4 Å². The van der Waals surface area contributed by atoms with Crippen LogP contribution in [-0.4, -0.2) is 4.98 Å². The van der Waals surface area contributed by atoms with Crippen molar-refractivity contribution in [1.82, 2.24) is 4.98 Å². The van der Waals surface area contributed by atoms with Crippen LogP contribution in [0.4, 0.5) is 22.0 Å². The van der Waals surface area contributed by atoms with Gasteiger partial charge in [0, 0.05) is 5.56 Å². The summed E-state index contributed by atoms with van der Waals surface area (Å²) in [6, 6.07) is 2.14. The van der Waals surface area contributed by atoms with E-state index in [0.717, 1.165) is 0 Å². The fraction of sp³-hybridized carbons (Fsp3) is 0.250. The first-order chi connectivity index (χ1) is 6.84. The minimum Gasteiger partial charge on any atom is -0.233 e. The first kappa shape index (κ1) is 11.4. The van der Waals surface area contributed by atoms with Crippen molar-refractivity contribution < 1.29 is 22.0 Å². The summed E-state index contributed by atoms with van der Waals surface area (Å²) in [5.41, 5.74) is -3.04. The first-order valence-electron chi connectivity index (χ1n) is 3.62. The number of nitrogens with zero attached hydrogens (tertiary/aromatic N) is 2. The number of rotatable bonds is 1. The molecule has 0 unspecified atom stereocenters. The molecule has 0 aromatic carbocycles. The van der Waals surface area contributed by atoms with E-state index in [9.17, 15) is 22.0 Å². The van der Waals surface area contributed by atoms with Gasteiger partial charge in [-0.15, -0.1) is 0 Å². The van der Waals surface area contributed by atoms with Crippen LogP contribution >= 0.6 is 0 Å². The Morgan fingerprint density at radius 3 is 2.27 bits per heavy atom. The number of halogens is 5. The topological polar surface area (TPSA) is 36.7 Å². The summed E-state index contributed by atoms with van der Waals surface area (Å²) in [5.74, 6) is 0. The Morgan fingerprint density at radius 2 is 1.87 bits per heavy atom. The first-order valence-corrected chi connectivity index (χ1v) is 3.62. The highest BCUT2D eigenvalue weighted by Gasteiger charge is 2.33. The minimum absolute atomic E-state index is 0.228. The van der Waals surface area contributed by atoms with E-state index in [4.69, 9.17) is 5.26 Å². The van der Waals surface area contributed by atoms with E-state index in [1.165, 1.54) is 6.07 Å². The average molecular weight is 222 g/mol. The van der Waals surface area contributed by atoms with Crippen molar-refractivity contribution in [1.29, 1.82) is 5.26 Å². The predicted molar refractivity (Wildman–Crippen MR) is 38.9 cm³/mol. The van der Waals surface area contributed by atoms with Gasteiger partial charge >= 0.3 is 6.18 Å². The van der Waals surface area contributed by atoms with Gasteiger partial charge in [-0.05, 0) is 12.1 Å². The maximum Gasteiger partial charge on any atom is 0.433 e. The summed E-state index contributed by atoms with van der Waals surface area (Å²) in [5, 5.41) is 8.31. The Morgan fingerprint density at radius 1 is 1.27 bits per heavy atom. The lowest BCUT2D eigenvalue weighted by atomic mass is 10.2. The quantitative estimate of drug-likeness (QED) is 0.685. The van der Waals surface area contributed by atoms with Gasteiger partial charge in [-0.25, -0.2) is 13.8 Å². The lowest BCUT2D eigenvalue weighted by molar-refractivity contribution is -0.141. The molecule has 0 spiro atoms. The number of aromatic nitrogens is 1. The molecule has 1 rings (SSSR count). The fourth-order valence-corrected chi connectivity index (χ4v) is 0.880. The third-order valence-corrected chi connectivity index (χ3v) is 1.50. The molecule has 0 amide bonds. The van der Waals surface area contributed by atoms with Crippen molar-refractivity contribution in [3.8, 4) is 6.07 Å². The molecule has 15 heavy (non-hydrogen) atoms. The molecule has 1 heterocycles. The van der Waals surface area contributed by atoms with Gasteiger partial charge in [0.05, 0.1) is 0 Å². The Balaban J connectivity index is 3.32. The van der Waals surface area contributed by atoms with Gasteiger partial charge in [0.25, 0.3) is 6.43 Å². The molecule has 0 N–H and O–H groups in total. The normalized spacial score (nSPS) is 11.5. The van der Waals surface area contributed by atoms with Crippen molar-refractivity contribution in [2.45, 2.75) is 12.6 Å². The standard InChI is InChI=1S/C8H3F5N2/c9-7(10)4-1-5(3-14)15-6(2-4)8(11,12)13/h1-2,7H. The summed E-state index contributed by atoms with van der Waals surface area (Å²) in [6.45, 7) is 0. The molecule has 0 saturated heterocycles. The van der Waals surface area contributed by atoms with Crippen LogP contribution in [0.1, 0.15) is 23.4 Å². The average Bonchev–Trinajstić information content (AvgIpc) is 2.15. The van der Waals surface area contributed by atoms with E-state index in [2.05, 4.69) is 4.98 Å². The molecule has 1 aromatic rings. The second kappa shape index (κ2) is 3.81. The zero-order chi connectivity index (χ0) is 11.6. The second-order valence-corrected chi connectivity index (χ2v) is 2.58. The highest BCUT2D eigenvalue weighted by Crippen LogP contribution is 2.30. The number of hydrogen-bond acceptors (Lipinski definition) is 2. The van der Waals surface area contributed by atoms with Crippen LogP contribution in [0.2, 0.25) is 0 Å². The van der Waals surface area contributed by atoms with Crippen molar-refractivity contribution in [2.75, 3.05) is 0 Å². The summed E-state index contributed by atoms with van der Waals surface area (Å²) < 4.78 is 60.7. The fourth-order valence-electron chi connectivity index (χ4n) is 0.880. The monoisotopic (exact) mass is 222 g/mol. The van der Waals surface area contributed by atoms with Gasteiger partial charge < -0.3 is 0 Å². The van der Waals surface area contributed by atoms with Gasteiger partial charge in [-0.3, -0.25) is 0 Å². The third kappa shape index (κ3) is 2.62. The largest absolute Gasteiger partial charge is 0.433 e. The highest BCUT2D eigenvalue weighted by atomic mass is 19.4. The Bertz CT molecular complexity index is 404. The molecule has 0 bridgehead atoms. The lowest BCUT2D eigenvalue weighted by Crippen LogP contribution is -2.10. The van der Waals surface area contributed by atoms with E-state index < -0.39 is 29.6 Å². The maximum atomic E-state index is 12.1. The number of hydrogen-bond donors (Lipinski definition) is 0. The summed E-state index contributed by atoms with van der Waals surface area (Å²) in [4.78, 5) is 2.89. The summed E-state index contributed by atoms with van der Waals surface area (Å²) in [6.07, 6.45) is -7.91. The zero-order valence-electron chi connectivity index (χ0n) is 7.02. The predicted octanol–water partition coefficient (Wildman–Crippen LogP) is 2.91. The number of nitriles is 1. The summed E-state index contributed by atoms with van der Waals surface area (Å²) in [7, 11) is 0. The van der Waals surface area contributed by atoms with Crippen molar-refractivity contribution in [3.63, 3.8) is 0 Å². The van der Waals surface area contributed by atoms with Crippen molar-refractivity contribution in [3.05, 3.63) is 29.1 Å². The van der Waals surface area contributed by atoms with Crippen molar-refractivity contribution >= 4 is 0 Å². The molecule has 0 aliphatic heterocycles. The molecule has 0 fully saturated rings. The van der Waals surface area contributed by atoms with Crippen LogP contribution in [0.5, 0.6) is 0 Å². The molecule has 2 nitrogen and oxygen atoms in total. The second-order valence-electron chi connectivity index (χ2n) is 2.58. The molecular weight excluding hydrogens is 219 g/mol. The van der Waals surface area contributed by atoms with Crippen LogP contribution < -0.4 is 0 Å². The van der Waals surface area contributed by atoms with Crippen LogP contribution in [0, 0.1) is 11.3 Å². The van der Waals surface area contributed by atoms with Gasteiger partial charge in [0.2, 0.25) is 0 Å². The van der Waals surface area contributed by atoms with Gasteiger partial charge in [0.15, 0.2) is 0 Å². The van der Waals surface area contributed by atoms with Gasteiger partial charge in [0.1, 0.15) is 17.5 Å². The molecule has 0 saturated carbocycles. The van der Waals surface area contributed by atoms with Crippen LogP contribution in [-0.2, 0) is 6.18 Å². The molecule has 80 valence electrons. The molecule has 0 radical (unpaired) electrons. The number of alkyl halides is 5. The smallest absolute Gasteiger partial charge is 0.233 e. The van der Waals surface area contributed by atoms with E-state index >= 15 is 0 Å². The van der Waals surface area contributed by atoms with E-state index in [-0.39, 0.29) is 6.07 Å². The highest BCUT2D eigenvalue weighted by molar-refractivity contribution is 5.30. The maximum absolute atomic E-state index is 12.1. The molecule has 7 heteroatoms. The van der Waals surface area contributed by atoms with Crippen LogP contribution in [0.3, 0.4) is 0 Å². The van der Waals surface area contributed by atoms with Crippen LogP contribution in [0.25, 0.3) is 0 Å². The molecular formula is C8H3F5N2. The van der Waals surface area contributed by atoms with Gasteiger partial charge in [-0.1, -0.05) is 0 Å². The van der Waals surface area contributed by atoms with E-state index in [1.54, 1.807) is 0 Å².